The second kappa shape index (κ2) is 7.00. The Morgan fingerprint density at radius 1 is 0.459 bits per heavy atom. The molecule has 0 fully saturated rings. The summed E-state index contributed by atoms with van der Waals surface area (Å²) in [5.41, 5.74) is 8.88. The van der Waals surface area contributed by atoms with Gasteiger partial charge in [-0.05, 0) is 48.0 Å². The largest absolute Gasteiger partial charge is 0.309 e. The molecule has 0 saturated carbocycles. The Balaban J connectivity index is 1.33. The van der Waals surface area contributed by atoms with Gasteiger partial charge in [0.05, 0.1) is 32.3 Å². The van der Waals surface area contributed by atoms with E-state index in [0.29, 0.717) is 0 Å². The van der Waals surface area contributed by atoms with Crippen LogP contribution in [0.4, 0.5) is 0 Å². The highest BCUT2D eigenvalue weighted by atomic mass is 32.1. The molecule has 0 spiro atoms. The summed E-state index contributed by atoms with van der Waals surface area (Å²) in [6, 6.07) is 44.3. The molecule has 0 bridgehead atoms. The molecule has 3 heteroatoms. The number of aromatic nitrogens is 2. The first kappa shape index (κ1) is 19.6. The molecule has 0 radical (unpaired) electrons. The van der Waals surface area contributed by atoms with E-state index in [1.165, 1.54) is 75.3 Å². The number of rotatable bonds is 2. The monoisotopic (exact) mass is 488 g/mol. The SMILES string of the molecule is c1ccc(-n2c3ccccc3c3cc(-c4cc5c(s4)c4cccc6c7ccccc7n5c64)ccc32)cc1. The van der Waals surface area contributed by atoms with Gasteiger partial charge in [0.25, 0.3) is 0 Å². The highest BCUT2D eigenvalue weighted by Gasteiger charge is 2.20. The number of hydrogen-bond acceptors (Lipinski definition) is 1. The second-order valence-electron chi connectivity index (χ2n) is 9.80. The predicted octanol–water partition coefficient (Wildman–Crippen LogP) is 9.66. The van der Waals surface area contributed by atoms with E-state index in [2.05, 4.69) is 130 Å². The lowest BCUT2D eigenvalue weighted by molar-refractivity contribution is 1.18. The molecule has 9 rings (SSSR count). The van der Waals surface area contributed by atoms with Crippen molar-refractivity contribution in [2.75, 3.05) is 0 Å². The van der Waals surface area contributed by atoms with Gasteiger partial charge in [-0.25, -0.2) is 0 Å². The van der Waals surface area contributed by atoms with Gasteiger partial charge >= 0.3 is 0 Å². The van der Waals surface area contributed by atoms with Crippen molar-refractivity contribution in [1.29, 1.82) is 0 Å². The summed E-state index contributed by atoms with van der Waals surface area (Å²) in [6.07, 6.45) is 0. The highest BCUT2D eigenvalue weighted by Crippen LogP contribution is 2.45. The summed E-state index contributed by atoms with van der Waals surface area (Å²) < 4.78 is 6.21. The van der Waals surface area contributed by atoms with Crippen LogP contribution in [0.5, 0.6) is 0 Å². The van der Waals surface area contributed by atoms with Gasteiger partial charge in [0, 0.05) is 37.5 Å². The van der Waals surface area contributed by atoms with Gasteiger partial charge in [0.1, 0.15) is 0 Å². The molecule has 0 aliphatic carbocycles. The molecule has 0 aliphatic rings. The Kier molecular flexibility index (Phi) is 3.70. The molecule has 0 amide bonds. The molecule has 5 aromatic carbocycles. The number of benzene rings is 5. The smallest absolute Gasteiger partial charge is 0.0656 e. The Morgan fingerprint density at radius 2 is 1.14 bits per heavy atom. The van der Waals surface area contributed by atoms with E-state index < -0.39 is 0 Å². The average Bonchev–Trinajstić information content (AvgIpc) is 3.69. The van der Waals surface area contributed by atoms with Crippen molar-refractivity contribution in [2.45, 2.75) is 0 Å². The molecule has 172 valence electrons. The molecular formula is C34H20N2S. The molecule has 4 aromatic heterocycles. The lowest BCUT2D eigenvalue weighted by atomic mass is 10.1. The van der Waals surface area contributed by atoms with Gasteiger partial charge < -0.3 is 8.97 Å². The van der Waals surface area contributed by atoms with E-state index >= 15 is 0 Å². The molecule has 0 N–H and O–H groups in total. The number of thiophene rings is 1. The van der Waals surface area contributed by atoms with E-state index in [4.69, 9.17) is 0 Å². The van der Waals surface area contributed by atoms with Crippen molar-refractivity contribution in [3.63, 3.8) is 0 Å². The maximum Gasteiger partial charge on any atom is 0.0656 e. The molecule has 9 aromatic rings. The van der Waals surface area contributed by atoms with Gasteiger partial charge in [-0.3, -0.25) is 0 Å². The normalized spacial score (nSPS) is 12.3. The van der Waals surface area contributed by atoms with Crippen molar-refractivity contribution in [3.8, 4) is 16.1 Å². The van der Waals surface area contributed by atoms with Gasteiger partial charge in [-0.2, -0.15) is 0 Å². The number of nitrogens with zero attached hydrogens (tertiary/aromatic N) is 2. The first-order chi connectivity index (χ1) is 18.4. The van der Waals surface area contributed by atoms with E-state index in [-0.39, 0.29) is 0 Å². The molecule has 4 heterocycles. The van der Waals surface area contributed by atoms with Crippen LogP contribution in [0.15, 0.2) is 121 Å². The quantitative estimate of drug-likeness (QED) is 0.229. The number of fused-ring (bicyclic) bond motifs is 9. The van der Waals surface area contributed by atoms with Crippen molar-refractivity contribution >= 4 is 70.6 Å². The predicted molar refractivity (Wildman–Crippen MR) is 159 cm³/mol. The van der Waals surface area contributed by atoms with Crippen molar-refractivity contribution in [2.24, 2.45) is 0 Å². The Labute approximate surface area is 216 Å². The summed E-state index contributed by atoms with van der Waals surface area (Å²) in [7, 11) is 0. The van der Waals surface area contributed by atoms with Crippen LogP contribution < -0.4 is 0 Å². The maximum atomic E-state index is 2.47. The highest BCUT2D eigenvalue weighted by molar-refractivity contribution is 7.23. The van der Waals surface area contributed by atoms with Crippen LogP contribution in [0.3, 0.4) is 0 Å². The molecule has 0 atom stereocenters. The van der Waals surface area contributed by atoms with Crippen LogP contribution in [0.25, 0.3) is 75.3 Å². The Hall–Kier alpha value is -4.60. The zero-order valence-electron chi connectivity index (χ0n) is 19.8. The van der Waals surface area contributed by atoms with E-state index in [1.54, 1.807) is 0 Å². The van der Waals surface area contributed by atoms with Gasteiger partial charge in [0.15, 0.2) is 0 Å². The van der Waals surface area contributed by atoms with Crippen molar-refractivity contribution < 1.29 is 0 Å². The standard InChI is InChI=1S/C34H20N2S/c1-2-9-22(10-3-1)35-28-15-6-5-12-24(28)27-19-21(17-18-30(27)35)32-20-31-34(37-32)26-14-8-13-25-23-11-4-7-16-29(23)36(31)33(25)26/h1-20H. The number of para-hydroxylation sites is 4. The number of hydrogen-bond donors (Lipinski definition) is 0. The molecule has 0 unspecified atom stereocenters. The van der Waals surface area contributed by atoms with Crippen LogP contribution in [-0.2, 0) is 0 Å². The lowest BCUT2D eigenvalue weighted by Crippen LogP contribution is -1.92. The van der Waals surface area contributed by atoms with Crippen LogP contribution >= 0.6 is 11.3 Å². The van der Waals surface area contributed by atoms with Gasteiger partial charge in [-0.15, -0.1) is 11.3 Å². The minimum Gasteiger partial charge on any atom is -0.309 e. The zero-order valence-corrected chi connectivity index (χ0v) is 20.7. The summed E-state index contributed by atoms with van der Waals surface area (Å²) in [6.45, 7) is 0. The van der Waals surface area contributed by atoms with Gasteiger partial charge in [0.2, 0.25) is 0 Å². The fraction of sp³-hybridized carbons (Fsp3) is 0. The Morgan fingerprint density at radius 3 is 2.00 bits per heavy atom. The topological polar surface area (TPSA) is 9.34 Å². The third-order valence-corrected chi connectivity index (χ3v) is 9.07. The van der Waals surface area contributed by atoms with Crippen molar-refractivity contribution in [3.05, 3.63) is 121 Å². The fourth-order valence-electron chi connectivity index (χ4n) is 6.32. The molecule has 0 saturated heterocycles. The molecular weight excluding hydrogens is 468 g/mol. The van der Waals surface area contributed by atoms with E-state index in [1.807, 2.05) is 11.3 Å². The molecule has 37 heavy (non-hydrogen) atoms. The third-order valence-electron chi connectivity index (χ3n) is 7.86. The Bertz CT molecular complexity index is 2300. The zero-order chi connectivity index (χ0) is 24.1. The van der Waals surface area contributed by atoms with Crippen LogP contribution in [-0.4, -0.2) is 8.97 Å². The summed E-state index contributed by atoms with van der Waals surface area (Å²) in [4.78, 5) is 1.31. The first-order valence-electron chi connectivity index (χ1n) is 12.6. The fourth-order valence-corrected chi connectivity index (χ4v) is 7.48. The minimum atomic E-state index is 1.19. The molecule has 0 aliphatic heterocycles. The van der Waals surface area contributed by atoms with E-state index in [0.717, 1.165) is 0 Å². The maximum absolute atomic E-state index is 2.47. The second-order valence-corrected chi connectivity index (χ2v) is 10.9. The van der Waals surface area contributed by atoms with Crippen LogP contribution in [0, 0.1) is 0 Å². The van der Waals surface area contributed by atoms with Crippen molar-refractivity contribution in [1.82, 2.24) is 8.97 Å². The van der Waals surface area contributed by atoms with Gasteiger partial charge in [-0.1, -0.05) is 78.9 Å². The summed E-state index contributed by atoms with van der Waals surface area (Å²) in [5.74, 6) is 0. The third kappa shape index (κ3) is 2.49. The average molecular weight is 489 g/mol. The van der Waals surface area contributed by atoms with E-state index in [9.17, 15) is 0 Å². The minimum absolute atomic E-state index is 1.19. The van der Waals surface area contributed by atoms with Crippen LogP contribution in [0.2, 0.25) is 0 Å². The summed E-state index contributed by atoms with van der Waals surface area (Å²) >= 11 is 1.91. The first-order valence-corrected chi connectivity index (χ1v) is 13.4. The van der Waals surface area contributed by atoms with Crippen LogP contribution in [0.1, 0.15) is 0 Å². The lowest BCUT2D eigenvalue weighted by Gasteiger charge is -2.07. The molecule has 2 nitrogen and oxygen atoms in total. The summed E-state index contributed by atoms with van der Waals surface area (Å²) in [5, 5.41) is 6.60.